The van der Waals surface area contributed by atoms with Crippen molar-refractivity contribution >= 4 is 101 Å². The van der Waals surface area contributed by atoms with Gasteiger partial charge in [-0.1, -0.05) is 88.2 Å². The summed E-state index contributed by atoms with van der Waals surface area (Å²) in [4.78, 5) is 105. The van der Waals surface area contributed by atoms with Crippen molar-refractivity contribution in [2.75, 3.05) is 109 Å². The van der Waals surface area contributed by atoms with Gasteiger partial charge in [0.05, 0.1) is 62.0 Å². The minimum Gasteiger partial charge on any atom is -0.391 e. The van der Waals surface area contributed by atoms with Gasteiger partial charge in [-0.2, -0.15) is 0 Å². The zero-order chi connectivity index (χ0) is 73.1. The van der Waals surface area contributed by atoms with Gasteiger partial charge in [0.25, 0.3) is 27.2 Å². The number of ether oxygens (including phenoxy) is 1. The molecular formula is C74H90ClN15O11S2. The molecule has 26 nitrogen and oxygen atoms in total. The van der Waals surface area contributed by atoms with E-state index in [-0.39, 0.29) is 72.2 Å². The smallest absolute Gasteiger partial charge is 0.293 e. The minimum absolute atomic E-state index is 0.000823. The first-order chi connectivity index (χ1) is 49.2. The zero-order valence-electron chi connectivity index (χ0n) is 59.2. The molecule has 0 saturated carbocycles. The summed E-state index contributed by atoms with van der Waals surface area (Å²) in [6.07, 6.45) is 3.95. The number of sulfonamides is 1. The second-order valence-electron chi connectivity index (χ2n) is 29.1. The number of nitro groups is 1. The van der Waals surface area contributed by atoms with Crippen molar-refractivity contribution in [2.45, 2.75) is 103 Å². The first-order valence-electron chi connectivity index (χ1n) is 35.0. The first kappa shape index (κ1) is 73.9. The monoisotopic (exact) mass is 1460 g/mol. The van der Waals surface area contributed by atoms with Crippen molar-refractivity contribution in [1.82, 2.24) is 59.3 Å². The number of β-amino-alcohol motifs (C(OH)–C–C–N with tert-alkyl or cyclic N) is 1. The Hall–Kier alpha value is -8.87. The van der Waals surface area contributed by atoms with Gasteiger partial charge in [0, 0.05) is 140 Å². The number of benzene rings is 4. The lowest BCUT2D eigenvalue weighted by Crippen LogP contribution is -2.57. The predicted octanol–water partition coefficient (Wildman–Crippen LogP) is 8.35. The molecule has 546 valence electrons. The van der Waals surface area contributed by atoms with E-state index in [4.69, 9.17) is 16.3 Å². The summed E-state index contributed by atoms with van der Waals surface area (Å²) in [5.41, 5.74) is 9.19. The maximum Gasteiger partial charge on any atom is 0.293 e. The van der Waals surface area contributed by atoms with E-state index in [0.717, 1.165) is 72.3 Å². The third-order valence-corrected chi connectivity index (χ3v) is 22.7. The van der Waals surface area contributed by atoms with Crippen LogP contribution in [0.25, 0.3) is 43.8 Å². The number of hydrogen-bond acceptors (Lipinski definition) is 19. The molecule has 29 heteroatoms. The van der Waals surface area contributed by atoms with Crippen LogP contribution >= 0.6 is 22.9 Å². The van der Waals surface area contributed by atoms with E-state index in [0.29, 0.717) is 87.1 Å². The van der Waals surface area contributed by atoms with Gasteiger partial charge in [0.1, 0.15) is 23.4 Å². The van der Waals surface area contributed by atoms with E-state index in [1.54, 1.807) is 53.0 Å². The highest BCUT2D eigenvalue weighted by molar-refractivity contribution is 7.90. The quantitative estimate of drug-likeness (QED) is 0.0178. The number of piperazine rings is 2. The Bertz CT molecular complexity index is 4680. The van der Waals surface area contributed by atoms with Crippen LogP contribution in [0, 0.1) is 27.9 Å². The second kappa shape index (κ2) is 31.2. The number of likely N-dealkylation sites (tertiary alicyclic amines) is 1. The third-order valence-electron chi connectivity index (χ3n) is 20.2. The highest BCUT2D eigenvalue weighted by atomic mass is 35.5. The summed E-state index contributed by atoms with van der Waals surface area (Å²) in [5.74, 6) is -2.24. The SMILES string of the molecule is Cc1ncsc1-c1ccc(CNC(=O)[C@@H]2C[C@@H](O)CN2C(=O)[C@@H](NC(=O)CCOCCN2CCN(CCNc3ccc(S(=O)(=O)NC(=O)c4ccc(N5CCN(CC6=C(c7ccc(Cl)cc7)CC(C)(C)CC6)CC5)cc4-n4c5cc6cc[nH]c6nc5c(=O)n4C)cc3[N+](=O)[O-])CC2)C(C)(C)C)cc1. The van der Waals surface area contributed by atoms with E-state index in [9.17, 15) is 47.6 Å². The predicted molar refractivity (Wildman–Crippen MR) is 399 cm³/mol. The Labute approximate surface area is 607 Å². The minimum atomic E-state index is -4.74. The number of amides is 4. The fourth-order valence-electron chi connectivity index (χ4n) is 14.2. The molecule has 3 fully saturated rings. The normalized spacial score (nSPS) is 18.2. The van der Waals surface area contributed by atoms with Crippen LogP contribution in [0.1, 0.15) is 93.9 Å². The topological polar surface area (TPSA) is 308 Å². The van der Waals surface area contributed by atoms with Crippen molar-refractivity contribution in [3.63, 3.8) is 0 Å². The number of thiazole rings is 1. The Morgan fingerprint density at radius 2 is 1.60 bits per heavy atom. The molecular weight excluding hydrogens is 1370 g/mol. The van der Waals surface area contributed by atoms with Gasteiger partial charge in [-0.15, -0.1) is 11.3 Å². The van der Waals surface area contributed by atoms with Crippen LogP contribution in [0.15, 0.2) is 124 Å². The highest BCUT2D eigenvalue weighted by Crippen LogP contribution is 2.44. The van der Waals surface area contributed by atoms with Gasteiger partial charge in [-0.3, -0.25) is 48.8 Å². The molecule has 3 aliphatic heterocycles. The number of halogens is 1. The average Bonchev–Trinajstić information content (AvgIpc) is 1.58. The Morgan fingerprint density at radius 1 is 0.893 bits per heavy atom. The number of aryl methyl sites for hydroxylation is 1. The van der Waals surface area contributed by atoms with Crippen molar-refractivity contribution in [1.29, 1.82) is 0 Å². The Kier molecular flexibility index (Phi) is 22.4. The van der Waals surface area contributed by atoms with Crippen molar-refractivity contribution in [3.05, 3.63) is 162 Å². The maximum absolute atomic E-state index is 14.6. The molecule has 0 unspecified atom stereocenters. The number of aromatic amines is 1. The number of nitro benzene ring substituents is 1. The van der Waals surface area contributed by atoms with E-state index in [1.165, 1.54) is 44.5 Å². The van der Waals surface area contributed by atoms with Crippen LogP contribution in [-0.2, 0) is 42.7 Å². The van der Waals surface area contributed by atoms with Gasteiger partial charge in [-0.25, -0.2) is 32.5 Å². The molecule has 0 radical (unpaired) electrons. The molecule has 0 spiro atoms. The summed E-state index contributed by atoms with van der Waals surface area (Å²) in [5, 5.41) is 33.6. The highest BCUT2D eigenvalue weighted by Gasteiger charge is 2.45. The number of carbonyl (C=O) groups excluding carboxylic acids is 4. The fraction of sp³-hybridized carbons (Fsp3) is 0.446. The first-order valence-corrected chi connectivity index (χ1v) is 37.7. The Morgan fingerprint density at radius 3 is 2.30 bits per heavy atom. The molecule has 4 aliphatic rings. The number of hydrogen-bond donors (Lipinski definition) is 6. The van der Waals surface area contributed by atoms with Gasteiger partial charge >= 0.3 is 0 Å². The largest absolute Gasteiger partial charge is 0.391 e. The maximum atomic E-state index is 14.6. The number of fused-ring (bicyclic) bond motifs is 2. The summed E-state index contributed by atoms with van der Waals surface area (Å²) >= 11 is 7.86. The van der Waals surface area contributed by atoms with Gasteiger partial charge in [0.15, 0.2) is 5.52 Å². The lowest BCUT2D eigenvalue weighted by molar-refractivity contribution is -0.384. The molecule has 4 aromatic heterocycles. The number of nitrogens with zero attached hydrogens (tertiary/aromatic N) is 10. The molecule has 6 N–H and O–H groups in total. The van der Waals surface area contributed by atoms with E-state index >= 15 is 0 Å². The molecule has 3 saturated heterocycles. The van der Waals surface area contributed by atoms with Crippen LogP contribution in [0.4, 0.5) is 17.1 Å². The van der Waals surface area contributed by atoms with Gasteiger partial charge in [0.2, 0.25) is 17.7 Å². The number of anilines is 2. The van der Waals surface area contributed by atoms with Crippen LogP contribution in [-0.4, -0.2) is 202 Å². The molecule has 8 aromatic rings. The van der Waals surface area contributed by atoms with Crippen LogP contribution in [0.2, 0.25) is 5.02 Å². The molecule has 7 heterocycles. The molecule has 103 heavy (non-hydrogen) atoms. The summed E-state index contributed by atoms with van der Waals surface area (Å²) in [6.45, 7) is 20.7. The van der Waals surface area contributed by atoms with Crippen LogP contribution in [0.3, 0.4) is 0 Å². The number of rotatable bonds is 25. The Balaban J connectivity index is 0.616. The van der Waals surface area contributed by atoms with Crippen molar-refractivity contribution in [2.24, 2.45) is 17.9 Å². The third kappa shape index (κ3) is 17.2. The number of H-pyrrole nitrogens is 1. The molecule has 4 aromatic carbocycles. The number of carbonyl (C=O) groups is 4. The molecule has 3 atom stereocenters. The number of nitrogens with one attached hydrogen (secondary N) is 5. The van der Waals surface area contributed by atoms with E-state index in [2.05, 4.69) is 81.2 Å². The van der Waals surface area contributed by atoms with Crippen molar-refractivity contribution in [3.8, 4) is 16.1 Å². The number of aliphatic hydroxyl groups excluding tert-OH is 1. The standard InChI is InChI=1S/C74H90ClN15O11S2/c1-47-66(102-46-79-47)50-10-8-48(9-11-50)43-78-70(94)63-40-55(91)45-88(63)72(96)67(73(2,3)4)80-64(92)22-36-101-37-35-85-29-27-84(28-30-85)26-25-76-59-19-17-56(41-61(59)90(97)98)103(99,100)82-69(93)57-18-16-54(39-60(57)89-62-38-51-21-24-77-68(51)81-65(62)71(95)83(89)7)87-33-31-86(32-34-87)44-52-20-23-74(5,6)42-58(52)49-12-14-53(75)15-13-49/h8-19,21,24,38-39,41,46,55,63,67,76,91H,20,22-23,25-37,40,42-45H2,1-7H3,(H,77,81)(H,78,94)(H,80,92)(H,82,93)/t55-,63+,67-/m1/s1. The number of aromatic nitrogens is 5. The zero-order valence-corrected chi connectivity index (χ0v) is 61.6. The van der Waals surface area contributed by atoms with Crippen LogP contribution < -0.4 is 31.1 Å². The van der Waals surface area contributed by atoms with E-state index < -0.39 is 66.5 Å². The van der Waals surface area contributed by atoms with Gasteiger partial charge in [-0.05, 0) is 114 Å². The number of allylic oxidation sites excluding steroid dienone is 1. The summed E-state index contributed by atoms with van der Waals surface area (Å²) < 4.78 is 39.5. The fourth-order valence-corrected chi connectivity index (χ4v) is 16.2. The second-order valence-corrected chi connectivity index (χ2v) is 32.1. The van der Waals surface area contributed by atoms with Crippen LogP contribution in [0.5, 0.6) is 0 Å². The summed E-state index contributed by atoms with van der Waals surface area (Å²) in [6, 6.07) is 26.2. The molecule has 0 bridgehead atoms. The number of pyridine rings is 1. The molecule has 4 amide bonds. The number of aliphatic hydroxyl groups is 1. The lowest BCUT2D eigenvalue weighted by Gasteiger charge is -2.39. The molecule has 1 aliphatic carbocycles. The average molecular weight is 1470 g/mol. The summed E-state index contributed by atoms with van der Waals surface area (Å²) in [7, 11) is -3.18. The molecule has 12 rings (SSSR count). The lowest BCUT2D eigenvalue weighted by atomic mass is 9.72. The van der Waals surface area contributed by atoms with E-state index in [1.807, 2.05) is 70.2 Å². The van der Waals surface area contributed by atoms with Crippen molar-refractivity contribution < 1.29 is 42.4 Å². The van der Waals surface area contributed by atoms with Gasteiger partial charge < -0.3 is 40.6 Å².